The average molecular weight is 907 g/mol. The third-order valence-corrected chi connectivity index (χ3v) is 10.1. The molecule has 0 fully saturated rings. The van der Waals surface area contributed by atoms with Crippen molar-refractivity contribution < 1.29 is 28.6 Å². The zero-order valence-corrected chi connectivity index (χ0v) is 41.6. The highest BCUT2D eigenvalue weighted by molar-refractivity contribution is 5.71. The van der Waals surface area contributed by atoms with Crippen LogP contribution < -0.4 is 0 Å². The van der Waals surface area contributed by atoms with Crippen LogP contribution in [-0.2, 0) is 28.6 Å². The van der Waals surface area contributed by atoms with Crippen molar-refractivity contribution in [3.63, 3.8) is 0 Å². The first kappa shape index (κ1) is 61.0. The van der Waals surface area contributed by atoms with Crippen LogP contribution in [0.4, 0.5) is 0 Å². The minimum Gasteiger partial charge on any atom is -0.462 e. The lowest BCUT2D eigenvalue weighted by Crippen LogP contribution is -2.30. The van der Waals surface area contributed by atoms with E-state index in [1.54, 1.807) is 0 Å². The summed E-state index contributed by atoms with van der Waals surface area (Å²) in [6, 6.07) is 0. The summed E-state index contributed by atoms with van der Waals surface area (Å²) in [7, 11) is 0. The van der Waals surface area contributed by atoms with E-state index in [0.717, 1.165) is 96.3 Å². The van der Waals surface area contributed by atoms with Crippen LogP contribution in [0.1, 0.15) is 181 Å². The lowest BCUT2D eigenvalue weighted by atomic mass is 10.1. The summed E-state index contributed by atoms with van der Waals surface area (Å²) in [6.07, 6.45) is 76.5. The first-order valence-electron chi connectivity index (χ1n) is 25.7. The molecule has 0 saturated heterocycles. The van der Waals surface area contributed by atoms with Gasteiger partial charge in [-0.25, -0.2) is 0 Å². The minimum atomic E-state index is -0.835. The van der Waals surface area contributed by atoms with Crippen LogP contribution in [-0.4, -0.2) is 37.2 Å². The van der Waals surface area contributed by atoms with Gasteiger partial charge in [0.05, 0.1) is 0 Å². The molecule has 0 rings (SSSR count). The molecule has 6 heteroatoms. The fourth-order valence-electron chi connectivity index (χ4n) is 6.25. The van der Waals surface area contributed by atoms with Gasteiger partial charge in [-0.05, 0) is 83.5 Å². The van der Waals surface area contributed by atoms with Gasteiger partial charge >= 0.3 is 17.9 Å². The molecule has 0 bridgehead atoms. The van der Waals surface area contributed by atoms with E-state index in [4.69, 9.17) is 14.2 Å². The molecule has 0 aromatic carbocycles. The molecule has 6 nitrogen and oxygen atoms in total. The molecule has 1 atom stereocenters. The molecule has 0 aromatic rings. The van der Waals surface area contributed by atoms with Crippen LogP contribution >= 0.6 is 0 Å². The van der Waals surface area contributed by atoms with Crippen LogP contribution in [0.15, 0.2) is 158 Å². The Balaban J connectivity index is 4.62. The maximum absolute atomic E-state index is 12.8. The smallest absolute Gasteiger partial charge is 0.306 e. The fraction of sp³-hybridized carbons (Fsp3) is 0.517. The summed E-state index contributed by atoms with van der Waals surface area (Å²) < 4.78 is 16.7. The molecule has 0 aromatic heterocycles. The van der Waals surface area contributed by atoms with Crippen LogP contribution in [0.2, 0.25) is 0 Å². The van der Waals surface area contributed by atoms with Crippen molar-refractivity contribution in [2.45, 2.75) is 187 Å². The molecule has 66 heavy (non-hydrogen) atoms. The van der Waals surface area contributed by atoms with E-state index in [0.29, 0.717) is 19.3 Å². The van der Waals surface area contributed by atoms with Gasteiger partial charge in [-0.1, -0.05) is 237 Å². The Morgan fingerprint density at radius 2 is 0.591 bits per heavy atom. The highest BCUT2D eigenvalue weighted by atomic mass is 16.6. The minimum absolute atomic E-state index is 0.128. The lowest BCUT2D eigenvalue weighted by molar-refractivity contribution is -0.167. The monoisotopic (exact) mass is 907 g/mol. The zero-order chi connectivity index (χ0) is 47.9. The number of esters is 3. The molecule has 0 aliphatic rings. The van der Waals surface area contributed by atoms with Gasteiger partial charge < -0.3 is 14.2 Å². The average Bonchev–Trinajstić information content (AvgIpc) is 3.31. The number of allylic oxidation sites excluding steroid dienone is 26. The summed E-state index contributed by atoms with van der Waals surface area (Å²) >= 11 is 0. The summed E-state index contributed by atoms with van der Waals surface area (Å²) in [5, 5.41) is 0. The molecule has 366 valence electrons. The molecule has 0 N–H and O–H groups in total. The quantitative estimate of drug-likeness (QED) is 0.0262. The zero-order valence-electron chi connectivity index (χ0n) is 41.6. The van der Waals surface area contributed by atoms with Gasteiger partial charge in [0.1, 0.15) is 13.2 Å². The fourth-order valence-corrected chi connectivity index (χ4v) is 6.25. The van der Waals surface area contributed by atoms with E-state index in [9.17, 15) is 14.4 Å². The van der Waals surface area contributed by atoms with E-state index in [1.165, 1.54) is 32.1 Å². The summed E-state index contributed by atoms with van der Waals surface area (Å²) in [6.45, 7) is 6.21. The molecule has 0 spiro atoms. The molecule has 0 aliphatic carbocycles. The number of unbranched alkanes of at least 4 members (excludes halogenated alkanes) is 16. The highest BCUT2D eigenvalue weighted by Gasteiger charge is 2.19. The number of ether oxygens (including phenoxy) is 3. The molecule has 0 radical (unpaired) electrons. The number of carbonyl (C=O) groups excluding carboxylic acids is 3. The van der Waals surface area contributed by atoms with E-state index in [-0.39, 0.29) is 44.0 Å². The Bertz CT molecular complexity index is 1560. The van der Waals surface area contributed by atoms with Gasteiger partial charge in [0.25, 0.3) is 0 Å². The summed E-state index contributed by atoms with van der Waals surface area (Å²) in [5.41, 5.74) is 0. The van der Waals surface area contributed by atoms with E-state index >= 15 is 0 Å². The Morgan fingerprint density at radius 1 is 0.318 bits per heavy atom. The Morgan fingerprint density at radius 3 is 0.939 bits per heavy atom. The van der Waals surface area contributed by atoms with Gasteiger partial charge in [0.15, 0.2) is 6.10 Å². The van der Waals surface area contributed by atoms with Crippen molar-refractivity contribution in [2.24, 2.45) is 0 Å². The molecule has 0 saturated carbocycles. The number of carbonyl (C=O) groups is 3. The van der Waals surface area contributed by atoms with Gasteiger partial charge in [-0.3, -0.25) is 14.4 Å². The Kier molecular flexibility index (Phi) is 48.7. The predicted octanol–water partition coefficient (Wildman–Crippen LogP) is 17.0. The van der Waals surface area contributed by atoms with Crippen molar-refractivity contribution >= 4 is 17.9 Å². The molecule has 1 unspecified atom stereocenters. The van der Waals surface area contributed by atoms with E-state index in [2.05, 4.69) is 81.5 Å². The van der Waals surface area contributed by atoms with Crippen LogP contribution in [0.5, 0.6) is 0 Å². The standard InChI is InChI=1S/C60H90O6/c1-4-7-10-13-16-19-22-25-28-29-30-33-35-38-41-44-47-50-53-59(62)65-56-57(66-60(63)54-51-48-45-42-39-36-32-27-24-21-18-15-12-9-6-3)55-64-58(61)52-49-46-43-40-37-34-31-26-23-20-17-14-11-8-5-2/h8-9,11-12,14-15,17-18,20-34,36-37,39,57H,4-7,10,13,16,19,35,38,40-56H2,1-3H3/b11-8-,12-9-,17-14-,18-15-,23-20-,24-21-,25-22-,29-28-,31-26-,32-27-,33-30-,37-34-,39-36-. The molecule has 0 aliphatic heterocycles. The SMILES string of the molecule is CC\C=C/C=C\C=C/C=C\C=C/CCCCCC(=O)OCC(COC(=O)CCCCCCC\C=C/C=C\C=C/CCCCCCC)OC(=O)CCCCC\C=C/C=C\C=C/C=C\C=C/CC. The van der Waals surface area contributed by atoms with Crippen molar-refractivity contribution in [1.82, 2.24) is 0 Å². The van der Waals surface area contributed by atoms with Crippen molar-refractivity contribution in [3.8, 4) is 0 Å². The lowest BCUT2D eigenvalue weighted by Gasteiger charge is -2.18. The summed E-state index contributed by atoms with van der Waals surface area (Å²) in [4.78, 5) is 38.0. The van der Waals surface area contributed by atoms with Crippen LogP contribution in [0.3, 0.4) is 0 Å². The van der Waals surface area contributed by atoms with Crippen molar-refractivity contribution in [1.29, 1.82) is 0 Å². The second-order valence-electron chi connectivity index (χ2n) is 16.3. The third kappa shape index (κ3) is 50.0. The van der Waals surface area contributed by atoms with Gasteiger partial charge in [0, 0.05) is 19.3 Å². The number of hydrogen-bond acceptors (Lipinski definition) is 6. The van der Waals surface area contributed by atoms with Gasteiger partial charge in [-0.2, -0.15) is 0 Å². The van der Waals surface area contributed by atoms with Crippen LogP contribution in [0, 0.1) is 0 Å². The van der Waals surface area contributed by atoms with E-state index in [1.807, 2.05) is 97.2 Å². The normalized spacial score (nSPS) is 13.4. The highest BCUT2D eigenvalue weighted by Crippen LogP contribution is 2.12. The van der Waals surface area contributed by atoms with E-state index < -0.39 is 6.10 Å². The maximum Gasteiger partial charge on any atom is 0.306 e. The van der Waals surface area contributed by atoms with Crippen LogP contribution in [0.25, 0.3) is 0 Å². The van der Waals surface area contributed by atoms with Gasteiger partial charge in [0.2, 0.25) is 0 Å². The second-order valence-corrected chi connectivity index (χ2v) is 16.3. The largest absolute Gasteiger partial charge is 0.462 e. The molecule has 0 heterocycles. The maximum atomic E-state index is 12.8. The first-order valence-corrected chi connectivity index (χ1v) is 25.7. The van der Waals surface area contributed by atoms with Gasteiger partial charge in [-0.15, -0.1) is 0 Å². The summed E-state index contributed by atoms with van der Waals surface area (Å²) in [5.74, 6) is -1.05. The molecular formula is C60H90O6. The molecule has 0 amide bonds. The number of hydrogen-bond donors (Lipinski definition) is 0. The second kappa shape index (κ2) is 52.7. The van der Waals surface area contributed by atoms with Crippen molar-refractivity contribution in [3.05, 3.63) is 158 Å². The molecular weight excluding hydrogens is 817 g/mol. The number of rotatable bonds is 43. The topological polar surface area (TPSA) is 78.9 Å². The Labute approximate surface area is 403 Å². The van der Waals surface area contributed by atoms with Crippen molar-refractivity contribution in [2.75, 3.05) is 13.2 Å². The third-order valence-electron chi connectivity index (χ3n) is 10.1. The first-order chi connectivity index (χ1) is 32.5. The predicted molar refractivity (Wildman–Crippen MR) is 283 cm³/mol. The Hall–Kier alpha value is -4.97.